The van der Waals surface area contributed by atoms with Gasteiger partial charge in [-0.3, -0.25) is 4.98 Å². The topological polar surface area (TPSA) is 24.9 Å². The summed E-state index contributed by atoms with van der Waals surface area (Å²) in [4.78, 5) is 3.98. The number of halogens is 3. The molecule has 1 aromatic heterocycles. The first kappa shape index (κ1) is 13.0. The number of nitrogens with one attached hydrogen (secondary N) is 1. The Morgan fingerprint density at radius 2 is 1.85 bits per heavy atom. The van der Waals surface area contributed by atoms with Crippen molar-refractivity contribution in [3.05, 3.63) is 59.4 Å². The lowest BCUT2D eigenvalue weighted by Gasteiger charge is -2.27. The van der Waals surface area contributed by atoms with E-state index in [1.165, 1.54) is 6.07 Å². The van der Waals surface area contributed by atoms with Crippen molar-refractivity contribution in [2.75, 3.05) is 11.9 Å². The van der Waals surface area contributed by atoms with Crippen LogP contribution in [0.15, 0.2) is 42.7 Å². The number of hydrogen-bond donors (Lipinski definition) is 1. The van der Waals surface area contributed by atoms with Crippen molar-refractivity contribution in [3.8, 4) is 0 Å². The molecule has 1 unspecified atom stereocenters. The van der Waals surface area contributed by atoms with Gasteiger partial charge in [0.05, 0.1) is 5.56 Å². The summed E-state index contributed by atoms with van der Waals surface area (Å²) < 4.78 is 38.2. The normalized spacial score (nSPS) is 18.2. The van der Waals surface area contributed by atoms with Gasteiger partial charge < -0.3 is 5.32 Å². The summed E-state index contributed by atoms with van der Waals surface area (Å²) in [6.07, 6.45) is -0.0229. The van der Waals surface area contributed by atoms with Crippen LogP contribution < -0.4 is 5.32 Å². The quantitative estimate of drug-likeness (QED) is 0.851. The molecule has 0 aliphatic carbocycles. The molecule has 1 aliphatic heterocycles. The highest BCUT2D eigenvalue weighted by atomic mass is 19.4. The molecule has 0 fully saturated rings. The maximum Gasteiger partial charge on any atom is 0.416 e. The first-order valence-corrected chi connectivity index (χ1v) is 6.40. The van der Waals surface area contributed by atoms with Crippen LogP contribution in [0.25, 0.3) is 0 Å². The average Bonchev–Trinajstić information content (AvgIpc) is 2.46. The van der Waals surface area contributed by atoms with Crippen LogP contribution in [0.2, 0.25) is 0 Å². The predicted octanol–water partition coefficient (Wildman–Crippen LogP) is 4.05. The molecule has 20 heavy (non-hydrogen) atoms. The zero-order chi connectivity index (χ0) is 14.2. The Balaban J connectivity index is 2.02. The van der Waals surface area contributed by atoms with Crippen LogP contribution in [0, 0.1) is 0 Å². The van der Waals surface area contributed by atoms with Crippen LogP contribution in [0.1, 0.15) is 29.0 Å². The lowest BCUT2D eigenvalue weighted by atomic mass is 9.85. The fourth-order valence-corrected chi connectivity index (χ4v) is 2.64. The number of anilines is 1. The molecule has 2 aromatic rings. The number of benzene rings is 1. The van der Waals surface area contributed by atoms with Crippen molar-refractivity contribution >= 4 is 5.69 Å². The Bertz CT molecular complexity index is 608. The first-order valence-electron chi connectivity index (χ1n) is 6.40. The molecule has 0 radical (unpaired) electrons. The molecule has 104 valence electrons. The smallest absolute Gasteiger partial charge is 0.385 e. The maximum absolute atomic E-state index is 12.7. The van der Waals surface area contributed by atoms with Gasteiger partial charge in [0.25, 0.3) is 0 Å². The highest BCUT2D eigenvalue weighted by Gasteiger charge is 2.32. The van der Waals surface area contributed by atoms with Crippen molar-refractivity contribution < 1.29 is 13.2 Å². The minimum absolute atomic E-state index is 0.122. The van der Waals surface area contributed by atoms with Gasteiger partial charge in [-0.05, 0) is 41.8 Å². The van der Waals surface area contributed by atoms with Gasteiger partial charge in [-0.1, -0.05) is 6.07 Å². The fourth-order valence-electron chi connectivity index (χ4n) is 2.64. The lowest BCUT2D eigenvalue weighted by molar-refractivity contribution is -0.137. The largest absolute Gasteiger partial charge is 0.416 e. The van der Waals surface area contributed by atoms with Gasteiger partial charge in [-0.2, -0.15) is 13.2 Å². The SMILES string of the molecule is FC(F)(F)c1ccc2c(c1)NCCC2c1ccncc1. The van der Waals surface area contributed by atoms with Gasteiger partial charge in [0.2, 0.25) is 0 Å². The number of rotatable bonds is 1. The second-order valence-corrected chi connectivity index (χ2v) is 4.85. The average molecular weight is 278 g/mol. The van der Waals surface area contributed by atoms with E-state index in [0.29, 0.717) is 12.2 Å². The molecule has 2 nitrogen and oxygen atoms in total. The van der Waals surface area contributed by atoms with Crippen LogP contribution >= 0.6 is 0 Å². The van der Waals surface area contributed by atoms with Crippen LogP contribution in [-0.2, 0) is 6.18 Å². The van der Waals surface area contributed by atoms with Crippen molar-refractivity contribution in [1.82, 2.24) is 4.98 Å². The van der Waals surface area contributed by atoms with Gasteiger partial charge in [0.15, 0.2) is 0 Å². The van der Waals surface area contributed by atoms with Gasteiger partial charge >= 0.3 is 6.18 Å². The Labute approximate surface area is 114 Å². The minimum Gasteiger partial charge on any atom is -0.385 e. The van der Waals surface area contributed by atoms with Gasteiger partial charge in [-0.15, -0.1) is 0 Å². The molecule has 0 spiro atoms. The molecule has 1 N–H and O–H groups in total. The number of aromatic nitrogens is 1. The molecular formula is C15H13F3N2. The maximum atomic E-state index is 12.7. The van der Waals surface area contributed by atoms with Gasteiger partial charge in [0, 0.05) is 30.5 Å². The summed E-state index contributed by atoms with van der Waals surface area (Å²) in [6, 6.07) is 7.76. The van der Waals surface area contributed by atoms with Crippen molar-refractivity contribution in [3.63, 3.8) is 0 Å². The molecule has 1 aromatic carbocycles. The van der Waals surface area contributed by atoms with E-state index in [1.54, 1.807) is 18.5 Å². The Hall–Kier alpha value is -2.04. The van der Waals surface area contributed by atoms with E-state index in [2.05, 4.69) is 10.3 Å². The van der Waals surface area contributed by atoms with E-state index >= 15 is 0 Å². The summed E-state index contributed by atoms with van der Waals surface area (Å²) in [5, 5.41) is 3.06. The van der Waals surface area contributed by atoms with Crippen LogP contribution in [0.3, 0.4) is 0 Å². The highest BCUT2D eigenvalue weighted by molar-refractivity contribution is 5.59. The molecular weight excluding hydrogens is 265 g/mol. The predicted molar refractivity (Wildman–Crippen MR) is 70.6 cm³/mol. The second-order valence-electron chi connectivity index (χ2n) is 4.85. The molecule has 0 bridgehead atoms. The third-order valence-electron chi connectivity index (χ3n) is 3.61. The molecule has 5 heteroatoms. The summed E-state index contributed by atoms with van der Waals surface area (Å²) in [5.74, 6) is 0.122. The molecule has 1 atom stereocenters. The summed E-state index contributed by atoms with van der Waals surface area (Å²) in [5.41, 5.74) is 1.96. The number of fused-ring (bicyclic) bond motifs is 1. The Morgan fingerprint density at radius 1 is 1.10 bits per heavy atom. The summed E-state index contributed by atoms with van der Waals surface area (Å²) in [7, 11) is 0. The van der Waals surface area contributed by atoms with E-state index in [9.17, 15) is 13.2 Å². The number of hydrogen-bond acceptors (Lipinski definition) is 2. The second kappa shape index (κ2) is 4.81. The molecule has 1 aliphatic rings. The van der Waals surface area contributed by atoms with E-state index in [0.717, 1.165) is 23.6 Å². The van der Waals surface area contributed by atoms with Crippen molar-refractivity contribution in [2.24, 2.45) is 0 Å². The van der Waals surface area contributed by atoms with E-state index in [-0.39, 0.29) is 5.92 Å². The number of nitrogens with zero attached hydrogens (tertiary/aromatic N) is 1. The zero-order valence-electron chi connectivity index (χ0n) is 10.6. The monoisotopic (exact) mass is 278 g/mol. The highest BCUT2D eigenvalue weighted by Crippen LogP contribution is 2.39. The van der Waals surface area contributed by atoms with E-state index in [4.69, 9.17) is 0 Å². The van der Waals surface area contributed by atoms with Gasteiger partial charge in [-0.25, -0.2) is 0 Å². The number of pyridine rings is 1. The molecule has 0 saturated heterocycles. The minimum atomic E-state index is -4.31. The van der Waals surface area contributed by atoms with E-state index in [1.807, 2.05) is 12.1 Å². The first-order chi connectivity index (χ1) is 9.55. The van der Waals surface area contributed by atoms with Crippen LogP contribution in [0.5, 0.6) is 0 Å². The molecule has 0 saturated carbocycles. The molecule has 0 amide bonds. The van der Waals surface area contributed by atoms with Crippen molar-refractivity contribution in [1.29, 1.82) is 0 Å². The van der Waals surface area contributed by atoms with Gasteiger partial charge in [0.1, 0.15) is 0 Å². The Kier molecular flexibility index (Phi) is 3.12. The molecule has 2 heterocycles. The standard InChI is InChI=1S/C15H13F3N2/c16-15(17,18)11-1-2-13-12(5-8-20-14(13)9-11)10-3-6-19-7-4-10/h1-4,6-7,9,12,20H,5,8H2. The third-order valence-corrected chi connectivity index (χ3v) is 3.61. The van der Waals surface area contributed by atoms with E-state index < -0.39 is 11.7 Å². The zero-order valence-corrected chi connectivity index (χ0v) is 10.6. The van der Waals surface area contributed by atoms with Crippen molar-refractivity contribution in [2.45, 2.75) is 18.5 Å². The van der Waals surface area contributed by atoms with Crippen LogP contribution in [-0.4, -0.2) is 11.5 Å². The lowest BCUT2D eigenvalue weighted by Crippen LogP contribution is -2.18. The number of alkyl halides is 3. The summed E-state index contributed by atoms with van der Waals surface area (Å²) in [6.45, 7) is 0.668. The third kappa shape index (κ3) is 2.35. The molecule has 3 rings (SSSR count). The van der Waals surface area contributed by atoms with Crippen LogP contribution in [0.4, 0.5) is 18.9 Å². The fraction of sp³-hybridized carbons (Fsp3) is 0.267. The Morgan fingerprint density at radius 3 is 2.55 bits per heavy atom. The summed E-state index contributed by atoms with van der Waals surface area (Å²) >= 11 is 0.